The van der Waals surface area contributed by atoms with E-state index >= 15 is 0 Å². The fourth-order valence-electron chi connectivity index (χ4n) is 4.10. The number of nitrogens with one attached hydrogen (secondary N) is 1. The standard InChI is InChI=1S/C23H27N7O2/c1-23(2,3)32-22(31)29-11-9-28(10-12-29)15-16-13-18-17(6-8-24-21(18)27-16)19-14-26-30-20(19)5-4-7-25-30/h4-8,13-14H,9-12,15H2,1-3H3,(H,24,27). The predicted octanol–water partition coefficient (Wildman–Crippen LogP) is 3.33. The Hall–Kier alpha value is -3.46. The number of pyridine rings is 1. The van der Waals surface area contributed by atoms with E-state index in [1.807, 2.05) is 51.4 Å². The van der Waals surface area contributed by atoms with Crippen molar-refractivity contribution in [1.82, 2.24) is 34.6 Å². The van der Waals surface area contributed by atoms with Gasteiger partial charge in [-0.05, 0) is 50.6 Å². The summed E-state index contributed by atoms with van der Waals surface area (Å²) in [4.78, 5) is 24.4. The van der Waals surface area contributed by atoms with E-state index in [1.165, 1.54) is 0 Å². The van der Waals surface area contributed by atoms with Crippen LogP contribution in [0.2, 0.25) is 0 Å². The van der Waals surface area contributed by atoms with E-state index in [2.05, 4.69) is 31.1 Å². The van der Waals surface area contributed by atoms with Crippen molar-refractivity contribution in [1.29, 1.82) is 0 Å². The molecular formula is C23H27N7O2. The van der Waals surface area contributed by atoms with Gasteiger partial charge in [-0.3, -0.25) is 4.90 Å². The smallest absolute Gasteiger partial charge is 0.410 e. The molecule has 9 nitrogen and oxygen atoms in total. The second kappa shape index (κ2) is 7.90. The highest BCUT2D eigenvalue weighted by atomic mass is 16.6. The molecule has 0 saturated carbocycles. The van der Waals surface area contributed by atoms with Gasteiger partial charge in [-0.15, -0.1) is 0 Å². The Kier molecular flexibility index (Phi) is 5.05. The first-order chi connectivity index (χ1) is 15.4. The lowest BCUT2D eigenvalue weighted by atomic mass is 10.1. The van der Waals surface area contributed by atoms with Crippen LogP contribution in [-0.4, -0.2) is 72.5 Å². The number of hydrogen-bond donors (Lipinski definition) is 1. The van der Waals surface area contributed by atoms with Crippen molar-refractivity contribution in [3.63, 3.8) is 0 Å². The molecule has 32 heavy (non-hydrogen) atoms. The number of H-pyrrole nitrogens is 1. The number of hydrogen-bond acceptors (Lipinski definition) is 6. The Morgan fingerprint density at radius 1 is 1.09 bits per heavy atom. The minimum atomic E-state index is -0.472. The van der Waals surface area contributed by atoms with Gasteiger partial charge in [0.1, 0.15) is 11.2 Å². The molecule has 5 heterocycles. The Bertz CT molecular complexity index is 1260. The Balaban J connectivity index is 1.32. The van der Waals surface area contributed by atoms with E-state index in [9.17, 15) is 4.79 Å². The van der Waals surface area contributed by atoms with Gasteiger partial charge in [-0.2, -0.15) is 14.8 Å². The zero-order valence-corrected chi connectivity index (χ0v) is 18.6. The SMILES string of the molecule is CC(C)(C)OC(=O)N1CCN(Cc2cc3c(-c4cnn5ncccc45)ccnc3[nH]2)CC1. The van der Waals surface area contributed by atoms with Crippen LogP contribution in [0.5, 0.6) is 0 Å². The number of amides is 1. The number of rotatable bonds is 3. The zero-order valence-electron chi connectivity index (χ0n) is 18.6. The summed E-state index contributed by atoms with van der Waals surface area (Å²) < 4.78 is 7.13. The number of aromatic nitrogens is 5. The number of carbonyl (C=O) groups is 1. The number of carbonyl (C=O) groups excluding carboxylic acids is 1. The highest BCUT2D eigenvalue weighted by Gasteiger charge is 2.26. The maximum absolute atomic E-state index is 12.3. The molecule has 166 valence electrons. The van der Waals surface area contributed by atoms with E-state index in [4.69, 9.17) is 4.74 Å². The van der Waals surface area contributed by atoms with Crippen LogP contribution in [0.15, 0.2) is 42.9 Å². The van der Waals surface area contributed by atoms with Crippen LogP contribution in [0.4, 0.5) is 4.79 Å². The molecule has 1 aliphatic rings. The molecular weight excluding hydrogens is 406 g/mol. The highest BCUT2D eigenvalue weighted by molar-refractivity contribution is 5.97. The minimum Gasteiger partial charge on any atom is -0.444 e. The summed E-state index contributed by atoms with van der Waals surface area (Å²) in [6.45, 7) is 9.37. The lowest BCUT2D eigenvalue weighted by Gasteiger charge is -2.35. The van der Waals surface area contributed by atoms with Gasteiger partial charge >= 0.3 is 6.09 Å². The summed E-state index contributed by atoms with van der Waals surface area (Å²) in [7, 11) is 0. The molecule has 4 aromatic heterocycles. The van der Waals surface area contributed by atoms with Gasteiger partial charge in [0.05, 0.1) is 11.7 Å². The first-order valence-electron chi connectivity index (χ1n) is 10.8. The Morgan fingerprint density at radius 2 is 1.91 bits per heavy atom. The first-order valence-corrected chi connectivity index (χ1v) is 10.8. The second-order valence-electron chi connectivity index (χ2n) is 9.12. The fourth-order valence-corrected chi connectivity index (χ4v) is 4.10. The summed E-state index contributed by atoms with van der Waals surface area (Å²) in [5, 5.41) is 9.70. The average molecular weight is 434 g/mol. The minimum absolute atomic E-state index is 0.237. The second-order valence-corrected chi connectivity index (χ2v) is 9.12. The van der Waals surface area contributed by atoms with Gasteiger partial charge in [0, 0.05) is 61.8 Å². The molecule has 1 saturated heterocycles. The van der Waals surface area contributed by atoms with Gasteiger partial charge in [0.2, 0.25) is 0 Å². The molecule has 9 heteroatoms. The van der Waals surface area contributed by atoms with Crippen LogP contribution in [-0.2, 0) is 11.3 Å². The highest BCUT2D eigenvalue weighted by Crippen LogP contribution is 2.31. The van der Waals surface area contributed by atoms with E-state index < -0.39 is 5.60 Å². The van der Waals surface area contributed by atoms with Crippen LogP contribution < -0.4 is 0 Å². The van der Waals surface area contributed by atoms with E-state index in [1.54, 1.807) is 15.7 Å². The molecule has 1 fully saturated rings. The number of piperazine rings is 1. The van der Waals surface area contributed by atoms with Crippen molar-refractivity contribution in [2.45, 2.75) is 32.9 Å². The van der Waals surface area contributed by atoms with Crippen molar-refractivity contribution in [2.75, 3.05) is 26.2 Å². The molecule has 0 aromatic carbocycles. The van der Waals surface area contributed by atoms with Crippen LogP contribution in [0.1, 0.15) is 26.5 Å². The topological polar surface area (TPSA) is 91.7 Å². The molecule has 0 atom stereocenters. The molecule has 1 aliphatic heterocycles. The Labute approximate surface area is 186 Å². The quantitative estimate of drug-likeness (QED) is 0.533. The van der Waals surface area contributed by atoms with Crippen LogP contribution in [0.3, 0.4) is 0 Å². The summed E-state index contributed by atoms with van der Waals surface area (Å²) >= 11 is 0. The molecule has 1 N–H and O–H groups in total. The molecule has 0 unspecified atom stereocenters. The lowest BCUT2D eigenvalue weighted by molar-refractivity contribution is 0.0138. The monoisotopic (exact) mass is 433 g/mol. The average Bonchev–Trinajstić information content (AvgIpc) is 3.36. The number of fused-ring (bicyclic) bond motifs is 2. The predicted molar refractivity (Wildman–Crippen MR) is 121 cm³/mol. The van der Waals surface area contributed by atoms with Crippen molar-refractivity contribution in [2.24, 2.45) is 0 Å². The molecule has 0 spiro atoms. The molecule has 4 aromatic rings. The third-order valence-corrected chi connectivity index (χ3v) is 5.60. The van der Waals surface area contributed by atoms with Crippen molar-refractivity contribution >= 4 is 22.6 Å². The van der Waals surface area contributed by atoms with E-state index in [-0.39, 0.29) is 6.09 Å². The van der Waals surface area contributed by atoms with Crippen molar-refractivity contribution in [3.8, 4) is 11.1 Å². The summed E-state index contributed by atoms with van der Waals surface area (Å²) in [5.41, 5.74) is 4.55. The zero-order chi connectivity index (χ0) is 22.3. The summed E-state index contributed by atoms with van der Waals surface area (Å²) in [6, 6.07) is 8.11. The van der Waals surface area contributed by atoms with Crippen molar-refractivity contribution < 1.29 is 9.53 Å². The number of ether oxygens (including phenoxy) is 1. The third kappa shape index (κ3) is 4.03. The van der Waals surface area contributed by atoms with E-state index in [0.29, 0.717) is 13.1 Å². The van der Waals surface area contributed by atoms with Crippen LogP contribution in [0.25, 0.3) is 27.7 Å². The molecule has 0 aliphatic carbocycles. The summed E-state index contributed by atoms with van der Waals surface area (Å²) in [5.74, 6) is 0. The van der Waals surface area contributed by atoms with E-state index in [0.717, 1.165) is 53.0 Å². The van der Waals surface area contributed by atoms with Gasteiger partial charge < -0.3 is 14.6 Å². The third-order valence-electron chi connectivity index (χ3n) is 5.60. The van der Waals surface area contributed by atoms with Gasteiger partial charge in [0.25, 0.3) is 0 Å². The number of aromatic amines is 1. The fraction of sp³-hybridized carbons (Fsp3) is 0.391. The molecule has 1 amide bonds. The van der Waals surface area contributed by atoms with Gasteiger partial charge in [-0.25, -0.2) is 9.78 Å². The molecule has 0 bridgehead atoms. The number of nitrogens with zero attached hydrogens (tertiary/aromatic N) is 6. The van der Waals surface area contributed by atoms with Gasteiger partial charge in [0.15, 0.2) is 0 Å². The molecule has 5 rings (SSSR count). The van der Waals surface area contributed by atoms with Crippen LogP contribution in [0, 0.1) is 0 Å². The van der Waals surface area contributed by atoms with Crippen molar-refractivity contribution in [3.05, 3.63) is 48.5 Å². The molecule has 0 radical (unpaired) electrons. The van der Waals surface area contributed by atoms with Gasteiger partial charge in [-0.1, -0.05) is 0 Å². The summed E-state index contributed by atoms with van der Waals surface area (Å²) in [6.07, 6.45) is 5.15. The first kappa shape index (κ1) is 20.4. The normalized spacial score (nSPS) is 15.5. The maximum Gasteiger partial charge on any atom is 0.410 e. The largest absolute Gasteiger partial charge is 0.444 e. The Morgan fingerprint density at radius 3 is 2.69 bits per heavy atom. The lowest BCUT2D eigenvalue weighted by Crippen LogP contribution is -2.49. The maximum atomic E-state index is 12.3. The van der Waals surface area contributed by atoms with Crippen LogP contribution >= 0.6 is 0 Å².